The number of imidazole rings is 1. The number of para-hydroxylation sites is 1. The van der Waals surface area contributed by atoms with Gasteiger partial charge >= 0.3 is 5.69 Å². The average Bonchev–Trinajstić information content (AvgIpc) is 2.53. The largest absolute Gasteiger partial charge is 0.387 e. The molecule has 1 unspecified atom stereocenters. The van der Waals surface area contributed by atoms with Gasteiger partial charge in [0, 0.05) is 18.2 Å². The first kappa shape index (κ1) is 9.62. The normalized spacial score (nSPS) is 24.6. The number of benzene rings is 1. The summed E-state index contributed by atoms with van der Waals surface area (Å²) in [7, 11) is 0. The van der Waals surface area contributed by atoms with Crippen molar-refractivity contribution in [2.75, 3.05) is 0 Å². The molecule has 16 heavy (non-hydrogen) atoms. The zero-order valence-electron chi connectivity index (χ0n) is 8.68. The summed E-state index contributed by atoms with van der Waals surface area (Å²) in [5.41, 5.74) is 8.01. The number of nitrogens with two attached hydrogens (primary N) is 1. The molecule has 5 nitrogen and oxygen atoms in total. The number of aromatic nitrogens is 2. The van der Waals surface area contributed by atoms with E-state index in [0.29, 0.717) is 13.0 Å². The second kappa shape index (κ2) is 3.20. The molecule has 1 aliphatic heterocycles. The fourth-order valence-electron chi connectivity index (χ4n) is 2.37. The predicted molar refractivity (Wildman–Crippen MR) is 60.1 cm³/mol. The first-order chi connectivity index (χ1) is 7.68. The summed E-state index contributed by atoms with van der Waals surface area (Å²) in [6.45, 7) is 0.550. The number of nitrogens with zero attached hydrogens (tertiary/aromatic N) is 1. The Balaban J connectivity index is 2.41. The zero-order valence-corrected chi connectivity index (χ0v) is 8.68. The number of hydrogen-bond acceptors (Lipinski definition) is 3. The van der Waals surface area contributed by atoms with Crippen molar-refractivity contribution in [2.24, 2.45) is 5.73 Å². The number of H-pyrrole nitrogens is 1. The van der Waals surface area contributed by atoms with Gasteiger partial charge in [-0.3, -0.25) is 4.57 Å². The third kappa shape index (κ3) is 1.15. The van der Waals surface area contributed by atoms with Gasteiger partial charge in [-0.05, 0) is 12.5 Å². The Morgan fingerprint density at radius 1 is 1.50 bits per heavy atom. The molecule has 0 radical (unpaired) electrons. The Labute approximate surface area is 91.5 Å². The van der Waals surface area contributed by atoms with Gasteiger partial charge in [0.1, 0.15) is 0 Å². The van der Waals surface area contributed by atoms with Crippen molar-refractivity contribution in [3.63, 3.8) is 0 Å². The van der Waals surface area contributed by atoms with Crippen LogP contribution in [0, 0.1) is 0 Å². The number of aliphatic hydroxyl groups excluding tert-OH is 1. The van der Waals surface area contributed by atoms with Crippen LogP contribution in [0.3, 0.4) is 0 Å². The third-order valence-corrected chi connectivity index (χ3v) is 3.23. The van der Waals surface area contributed by atoms with Crippen LogP contribution in [0.4, 0.5) is 0 Å². The van der Waals surface area contributed by atoms with Gasteiger partial charge in [-0.15, -0.1) is 0 Å². The number of hydrogen-bond donors (Lipinski definition) is 3. The fourth-order valence-corrected chi connectivity index (χ4v) is 2.37. The van der Waals surface area contributed by atoms with E-state index < -0.39 is 6.10 Å². The van der Waals surface area contributed by atoms with E-state index in [1.807, 2.05) is 18.2 Å². The molecule has 0 aliphatic carbocycles. The van der Waals surface area contributed by atoms with E-state index in [2.05, 4.69) is 4.98 Å². The summed E-state index contributed by atoms with van der Waals surface area (Å²) in [5, 5.41) is 10.1. The monoisotopic (exact) mass is 219 g/mol. The van der Waals surface area contributed by atoms with E-state index in [-0.39, 0.29) is 11.7 Å². The first-order valence-corrected chi connectivity index (χ1v) is 5.33. The molecule has 1 aromatic carbocycles. The molecule has 0 saturated carbocycles. The molecule has 0 amide bonds. The molecule has 2 atom stereocenters. The lowest BCUT2D eigenvalue weighted by Gasteiger charge is -2.15. The summed E-state index contributed by atoms with van der Waals surface area (Å²) in [6.07, 6.45) is -0.101. The molecule has 5 heteroatoms. The van der Waals surface area contributed by atoms with E-state index in [9.17, 15) is 9.90 Å². The molecule has 0 bridgehead atoms. The zero-order chi connectivity index (χ0) is 11.3. The summed E-state index contributed by atoms with van der Waals surface area (Å²) >= 11 is 0. The molecule has 2 heterocycles. The molecule has 0 fully saturated rings. The van der Waals surface area contributed by atoms with E-state index in [4.69, 9.17) is 5.73 Å². The maximum absolute atomic E-state index is 11.7. The summed E-state index contributed by atoms with van der Waals surface area (Å²) in [5.74, 6) is 0. The van der Waals surface area contributed by atoms with Crippen LogP contribution in [0.2, 0.25) is 0 Å². The number of nitrogens with one attached hydrogen (secondary N) is 1. The van der Waals surface area contributed by atoms with E-state index in [0.717, 1.165) is 16.6 Å². The molecule has 84 valence electrons. The van der Waals surface area contributed by atoms with Gasteiger partial charge in [0.2, 0.25) is 0 Å². The SMILES string of the molecule is N[C@@H]1CCn2c(=O)[nH]c3cccc(c32)C1O. The number of aromatic amines is 1. The van der Waals surface area contributed by atoms with Gasteiger partial charge < -0.3 is 15.8 Å². The van der Waals surface area contributed by atoms with Crippen molar-refractivity contribution in [1.82, 2.24) is 9.55 Å². The lowest BCUT2D eigenvalue weighted by atomic mass is 10.0. The Bertz CT molecular complexity index is 599. The minimum atomic E-state index is -0.701. The smallest absolute Gasteiger partial charge is 0.326 e. The first-order valence-electron chi connectivity index (χ1n) is 5.33. The lowest BCUT2D eigenvalue weighted by molar-refractivity contribution is 0.144. The highest BCUT2D eigenvalue weighted by Gasteiger charge is 2.25. The number of aryl methyl sites for hydroxylation is 1. The second-order valence-electron chi connectivity index (χ2n) is 4.22. The topological polar surface area (TPSA) is 84.0 Å². The molecule has 4 N–H and O–H groups in total. The second-order valence-corrected chi connectivity index (χ2v) is 4.22. The summed E-state index contributed by atoms with van der Waals surface area (Å²) in [4.78, 5) is 14.5. The molecule has 2 aromatic rings. The van der Waals surface area contributed by atoms with Gasteiger partial charge in [0.25, 0.3) is 0 Å². The highest BCUT2D eigenvalue weighted by atomic mass is 16.3. The molecular formula is C11H13N3O2. The molecule has 1 aliphatic rings. The van der Waals surface area contributed by atoms with Gasteiger partial charge in [-0.1, -0.05) is 12.1 Å². The van der Waals surface area contributed by atoms with Crippen molar-refractivity contribution >= 4 is 11.0 Å². The Hall–Kier alpha value is -1.59. The Morgan fingerprint density at radius 3 is 3.12 bits per heavy atom. The molecule has 0 spiro atoms. The van der Waals surface area contributed by atoms with E-state index in [1.54, 1.807) is 4.57 Å². The fraction of sp³-hybridized carbons (Fsp3) is 0.364. The molecule has 0 saturated heterocycles. The van der Waals surface area contributed by atoms with Crippen molar-refractivity contribution in [1.29, 1.82) is 0 Å². The predicted octanol–water partition coefficient (Wildman–Crippen LogP) is 0.0940. The van der Waals surface area contributed by atoms with Gasteiger partial charge in [0.05, 0.1) is 17.1 Å². The molecular weight excluding hydrogens is 206 g/mol. The van der Waals surface area contributed by atoms with Gasteiger partial charge in [-0.2, -0.15) is 0 Å². The van der Waals surface area contributed by atoms with Crippen LogP contribution in [0.1, 0.15) is 18.1 Å². The lowest BCUT2D eigenvalue weighted by Crippen LogP contribution is -2.28. The van der Waals surface area contributed by atoms with Crippen LogP contribution in [-0.4, -0.2) is 20.7 Å². The van der Waals surface area contributed by atoms with Gasteiger partial charge in [0.15, 0.2) is 0 Å². The quantitative estimate of drug-likeness (QED) is 0.587. The Kier molecular flexibility index (Phi) is 1.92. The van der Waals surface area contributed by atoms with E-state index in [1.165, 1.54) is 0 Å². The van der Waals surface area contributed by atoms with Crippen molar-refractivity contribution in [3.05, 3.63) is 34.2 Å². The summed E-state index contributed by atoms with van der Waals surface area (Å²) in [6, 6.07) is 5.16. The molecule has 1 aromatic heterocycles. The highest BCUT2D eigenvalue weighted by Crippen LogP contribution is 2.28. The van der Waals surface area contributed by atoms with Crippen LogP contribution in [-0.2, 0) is 6.54 Å². The van der Waals surface area contributed by atoms with Crippen molar-refractivity contribution < 1.29 is 5.11 Å². The van der Waals surface area contributed by atoms with Crippen molar-refractivity contribution in [2.45, 2.75) is 25.1 Å². The van der Waals surface area contributed by atoms with Crippen LogP contribution in [0.5, 0.6) is 0 Å². The van der Waals surface area contributed by atoms with E-state index >= 15 is 0 Å². The average molecular weight is 219 g/mol. The molecule has 3 rings (SSSR count). The standard InChI is InChI=1S/C11H13N3O2/c12-7-4-5-14-9-6(10(7)15)2-1-3-8(9)13-11(14)16/h1-3,7,10,15H,4-5,12H2,(H,13,16)/t7-,10?/m1/s1. The minimum Gasteiger partial charge on any atom is -0.387 e. The van der Waals surface area contributed by atoms with Crippen LogP contribution in [0.25, 0.3) is 11.0 Å². The highest BCUT2D eigenvalue weighted by molar-refractivity contribution is 5.79. The maximum Gasteiger partial charge on any atom is 0.326 e. The third-order valence-electron chi connectivity index (χ3n) is 3.23. The number of rotatable bonds is 0. The van der Waals surface area contributed by atoms with Crippen LogP contribution >= 0.6 is 0 Å². The minimum absolute atomic E-state index is 0.135. The maximum atomic E-state index is 11.7. The number of aliphatic hydroxyl groups is 1. The van der Waals surface area contributed by atoms with Crippen LogP contribution in [0.15, 0.2) is 23.0 Å². The summed E-state index contributed by atoms with van der Waals surface area (Å²) < 4.78 is 1.65. The van der Waals surface area contributed by atoms with Crippen LogP contribution < -0.4 is 11.4 Å². The van der Waals surface area contributed by atoms with Crippen molar-refractivity contribution in [3.8, 4) is 0 Å². The Morgan fingerprint density at radius 2 is 2.31 bits per heavy atom. The van der Waals surface area contributed by atoms with Gasteiger partial charge in [-0.25, -0.2) is 4.79 Å².